The number of nitrogens with zero attached hydrogens (tertiary/aromatic N) is 3. The standard InChI is InChI=1S/C23H21F3N4O3S/c24-23(25,26)18-9-10-21(27-16-18)29-11-13-30(14-12-29)22(31)17-5-4-6-19(15-17)28-34(32,33)20-7-2-1-3-8-20/h1-10,15-16,28H,11-14H2. The molecule has 1 saturated heterocycles. The van der Waals surface area contributed by atoms with Gasteiger partial charge in [-0.25, -0.2) is 13.4 Å². The molecule has 0 saturated carbocycles. The predicted octanol–water partition coefficient (Wildman–Crippen LogP) is 3.86. The summed E-state index contributed by atoms with van der Waals surface area (Å²) in [5.74, 6) is 0.151. The molecule has 1 aliphatic heterocycles. The summed E-state index contributed by atoms with van der Waals surface area (Å²) in [6, 6.07) is 16.5. The highest BCUT2D eigenvalue weighted by atomic mass is 32.2. The van der Waals surface area contributed by atoms with Crippen LogP contribution in [-0.2, 0) is 16.2 Å². The average molecular weight is 491 g/mol. The summed E-state index contributed by atoms with van der Waals surface area (Å²) in [5.41, 5.74) is -0.218. The second kappa shape index (κ2) is 9.34. The molecular formula is C23H21F3N4O3S. The third-order valence-corrected chi connectivity index (χ3v) is 6.78. The molecular weight excluding hydrogens is 469 g/mol. The van der Waals surface area contributed by atoms with Crippen molar-refractivity contribution < 1.29 is 26.4 Å². The number of carbonyl (C=O) groups excluding carboxylic acids is 1. The van der Waals surface area contributed by atoms with Gasteiger partial charge in [0.1, 0.15) is 5.82 Å². The number of alkyl halides is 3. The number of hydrogen-bond acceptors (Lipinski definition) is 5. The number of pyridine rings is 1. The number of aromatic nitrogens is 1. The summed E-state index contributed by atoms with van der Waals surface area (Å²) in [5, 5.41) is 0. The van der Waals surface area contributed by atoms with E-state index in [0.717, 1.165) is 12.3 Å². The number of anilines is 2. The van der Waals surface area contributed by atoms with Crippen LogP contribution >= 0.6 is 0 Å². The van der Waals surface area contributed by atoms with Gasteiger partial charge in [-0.05, 0) is 42.5 Å². The number of nitrogens with one attached hydrogen (secondary N) is 1. The van der Waals surface area contributed by atoms with E-state index in [2.05, 4.69) is 9.71 Å². The van der Waals surface area contributed by atoms with Crippen LogP contribution in [0, 0.1) is 0 Å². The largest absolute Gasteiger partial charge is 0.417 e. The zero-order valence-electron chi connectivity index (χ0n) is 17.9. The zero-order chi connectivity index (χ0) is 24.3. The molecule has 0 unspecified atom stereocenters. The number of rotatable bonds is 5. The van der Waals surface area contributed by atoms with E-state index in [9.17, 15) is 26.4 Å². The number of piperazine rings is 1. The van der Waals surface area contributed by atoms with Crippen LogP contribution in [0.15, 0.2) is 77.8 Å². The van der Waals surface area contributed by atoms with Gasteiger partial charge in [-0.3, -0.25) is 9.52 Å². The van der Waals surface area contributed by atoms with Crippen LogP contribution in [0.1, 0.15) is 15.9 Å². The van der Waals surface area contributed by atoms with Crippen LogP contribution < -0.4 is 9.62 Å². The van der Waals surface area contributed by atoms with Gasteiger partial charge in [-0.2, -0.15) is 13.2 Å². The van der Waals surface area contributed by atoms with Gasteiger partial charge in [0.05, 0.1) is 10.5 Å². The number of amides is 1. The van der Waals surface area contributed by atoms with Crippen molar-refractivity contribution in [3.63, 3.8) is 0 Å². The van der Waals surface area contributed by atoms with Crippen molar-refractivity contribution in [3.05, 3.63) is 84.1 Å². The van der Waals surface area contributed by atoms with E-state index in [1.807, 2.05) is 4.90 Å². The van der Waals surface area contributed by atoms with Gasteiger partial charge in [-0.1, -0.05) is 24.3 Å². The van der Waals surface area contributed by atoms with Crippen LogP contribution in [0.4, 0.5) is 24.7 Å². The molecule has 2 aromatic carbocycles. The van der Waals surface area contributed by atoms with Gasteiger partial charge in [0.15, 0.2) is 0 Å². The smallest absolute Gasteiger partial charge is 0.353 e. The Morgan fingerprint density at radius 1 is 0.912 bits per heavy atom. The quantitative estimate of drug-likeness (QED) is 0.587. The molecule has 1 aliphatic rings. The fourth-order valence-electron chi connectivity index (χ4n) is 3.59. The Bertz CT molecular complexity index is 1260. The lowest BCUT2D eigenvalue weighted by atomic mass is 10.1. The topological polar surface area (TPSA) is 82.6 Å². The number of benzene rings is 2. The lowest BCUT2D eigenvalue weighted by Crippen LogP contribution is -2.49. The van der Waals surface area contributed by atoms with E-state index in [1.165, 1.54) is 24.3 Å². The SMILES string of the molecule is O=C(c1cccc(NS(=O)(=O)c2ccccc2)c1)N1CCN(c2ccc(C(F)(F)F)cn2)CC1. The Balaban J connectivity index is 1.40. The van der Waals surface area contributed by atoms with Crippen LogP contribution in [0.5, 0.6) is 0 Å². The minimum Gasteiger partial charge on any atom is -0.353 e. The lowest BCUT2D eigenvalue weighted by Gasteiger charge is -2.35. The fourth-order valence-corrected chi connectivity index (χ4v) is 4.66. The molecule has 1 fully saturated rings. The molecule has 0 spiro atoms. The number of halogens is 3. The van der Waals surface area contributed by atoms with Crippen LogP contribution in [-0.4, -0.2) is 50.4 Å². The molecule has 178 valence electrons. The van der Waals surface area contributed by atoms with Gasteiger partial charge in [0.2, 0.25) is 0 Å². The van der Waals surface area contributed by atoms with E-state index < -0.39 is 21.8 Å². The van der Waals surface area contributed by atoms with Crippen molar-refractivity contribution in [1.82, 2.24) is 9.88 Å². The summed E-state index contributed by atoms with van der Waals surface area (Å²) in [7, 11) is -3.79. The monoisotopic (exact) mass is 490 g/mol. The number of carbonyl (C=O) groups is 1. The van der Waals surface area contributed by atoms with Crippen molar-refractivity contribution in [2.75, 3.05) is 35.8 Å². The van der Waals surface area contributed by atoms with E-state index >= 15 is 0 Å². The van der Waals surface area contributed by atoms with Gasteiger partial charge in [-0.15, -0.1) is 0 Å². The van der Waals surface area contributed by atoms with Gasteiger partial charge < -0.3 is 9.80 Å². The van der Waals surface area contributed by atoms with E-state index in [0.29, 0.717) is 37.6 Å². The number of hydrogen-bond donors (Lipinski definition) is 1. The molecule has 3 aromatic rings. The summed E-state index contributed by atoms with van der Waals surface area (Å²) < 4.78 is 65.8. The summed E-state index contributed by atoms with van der Waals surface area (Å²) in [6.45, 7) is 1.51. The van der Waals surface area contributed by atoms with Crippen LogP contribution in [0.2, 0.25) is 0 Å². The van der Waals surface area contributed by atoms with E-state index in [1.54, 1.807) is 41.3 Å². The lowest BCUT2D eigenvalue weighted by molar-refractivity contribution is -0.137. The molecule has 0 aliphatic carbocycles. The first-order valence-electron chi connectivity index (χ1n) is 10.4. The van der Waals surface area contributed by atoms with Crippen molar-refractivity contribution in [2.45, 2.75) is 11.1 Å². The Kier molecular flexibility index (Phi) is 6.47. The Morgan fingerprint density at radius 2 is 1.62 bits per heavy atom. The molecule has 4 rings (SSSR count). The van der Waals surface area contributed by atoms with Gasteiger partial charge in [0, 0.05) is 43.6 Å². The Hall–Kier alpha value is -3.60. The third kappa shape index (κ3) is 5.30. The van der Waals surface area contributed by atoms with Crippen molar-refractivity contribution in [2.24, 2.45) is 0 Å². The maximum Gasteiger partial charge on any atom is 0.417 e. The van der Waals surface area contributed by atoms with Gasteiger partial charge in [0.25, 0.3) is 15.9 Å². The minimum atomic E-state index is -4.44. The van der Waals surface area contributed by atoms with Crippen LogP contribution in [0.25, 0.3) is 0 Å². The Labute approximate surface area is 194 Å². The highest BCUT2D eigenvalue weighted by Gasteiger charge is 2.31. The summed E-state index contributed by atoms with van der Waals surface area (Å²) in [4.78, 5) is 20.4. The zero-order valence-corrected chi connectivity index (χ0v) is 18.7. The van der Waals surface area contributed by atoms with E-state index in [-0.39, 0.29) is 16.5 Å². The van der Waals surface area contributed by atoms with Crippen LogP contribution in [0.3, 0.4) is 0 Å². The molecule has 2 heterocycles. The van der Waals surface area contributed by atoms with Crippen molar-refractivity contribution in [3.8, 4) is 0 Å². The van der Waals surface area contributed by atoms with Gasteiger partial charge >= 0.3 is 6.18 Å². The molecule has 7 nitrogen and oxygen atoms in total. The first-order valence-corrected chi connectivity index (χ1v) is 11.9. The molecule has 1 N–H and O–H groups in total. The molecule has 11 heteroatoms. The highest BCUT2D eigenvalue weighted by Crippen LogP contribution is 2.29. The fraction of sp³-hybridized carbons (Fsp3) is 0.217. The Morgan fingerprint density at radius 3 is 2.24 bits per heavy atom. The maximum absolute atomic E-state index is 13.0. The molecule has 1 aromatic heterocycles. The van der Waals surface area contributed by atoms with E-state index in [4.69, 9.17) is 0 Å². The third-order valence-electron chi connectivity index (χ3n) is 5.38. The summed E-state index contributed by atoms with van der Waals surface area (Å²) in [6.07, 6.45) is -3.64. The van der Waals surface area contributed by atoms with Crippen molar-refractivity contribution in [1.29, 1.82) is 0 Å². The second-order valence-corrected chi connectivity index (χ2v) is 9.36. The molecule has 0 atom stereocenters. The number of sulfonamides is 1. The first-order chi connectivity index (χ1) is 16.1. The summed E-state index contributed by atoms with van der Waals surface area (Å²) >= 11 is 0. The maximum atomic E-state index is 13.0. The molecule has 1 amide bonds. The molecule has 0 bridgehead atoms. The minimum absolute atomic E-state index is 0.111. The van der Waals surface area contributed by atoms with Crippen molar-refractivity contribution >= 4 is 27.4 Å². The molecule has 34 heavy (non-hydrogen) atoms. The molecule has 0 radical (unpaired) electrons. The first kappa shape index (κ1) is 23.6. The average Bonchev–Trinajstić information content (AvgIpc) is 2.84. The second-order valence-electron chi connectivity index (χ2n) is 7.68. The predicted molar refractivity (Wildman–Crippen MR) is 121 cm³/mol. The normalized spacial score (nSPS) is 14.7. The highest BCUT2D eigenvalue weighted by molar-refractivity contribution is 7.92.